The smallest absolute Gasteiger partial charge is 0.261 e. The zero-order valence-electron chi connectivity index (χ0n) is 19.1. The number of carbonyl (C=O) groups is 1. The molecule has 0 saturated carbocycles. The Morgan fingerprint density at radius 2 is 1.80 bits per heavy atom. The average Bonchev–Trinajstić information content (AvgIpc) is 3.32. The lowest BCUT2D eigenvalue weighted by molar-refractivity contribution is -0.116. The average molecular weight is 483 g/mol. The third-order valence-electron chi connectivity index (χ3n) is 5.21. The maximum absolute atomic E-state index is 12.3. The second-order valence-corrected chi connectivity index (χ2v) is 8.12. The van der Waals surface area contributed by atoms with E-state index in [2.05, 4.69) is 5.32 Å². The van der Waals surface area contributed by atoms with Crippen molar-refractivity contribution in [2.75, 3.05) is 6.54 Å². The van der Waals surface area contributed by atoms with Crippen LogP contribution in [0.25, 0.3) is 23.0 Å². The number of benzene rings is 3. The quantitative estimate of drug-likeness (QED) is 0.253. The summed E-state index contributed by atoms with van der Waals surface area (Å²) in [6, 6.07) is 26.7. The van der Waals surface area contributed by atoms with Crippen LogP contribution in [-0.4, -0.2) is 22.2 Å². The Morgan fingerprint density at radius 1 is 1.09 bits per heavy atom. The highest BCUT2D eigenvalue weighted by Gasteiger charge is 2.15. The van der Waals surface area contributed by atoms with E-state index in [1.54, 1.807) is 10.8 Å². The molecule has 1 aromatic heterocycles. The van der Waals surface area contributed by atoms with Gasteiger partial charge in [-0.3, -0.25) is 4.79 Å². The summed E-state index contributed by atoms with van der Waals surface area (Å²) in [4.78, 5) is 12.3. The van der Waals surface area contributed by atoms with Crippen LogP contribution in [0.1, 0.15) is 18.1 Å². The molecule has 0 aliphatic carbocycles. The number of ether oxygens (including phenoxy) is 1. The number of nitrogens with zero attached hydrogens (tertiary/aromatic N) is 3. The molecule has 0 radical (unpaired) electrons. The molecule has 0 aliphatic heterocycles. The monoisotopic (exact) mass is 482 g/mol. The molecule has 7 heteroatoms. The summed E-state index contributed by atoms with van der Waals surface area (Å²) < 4.78 is 7.63. The predicted molar refractivity (Wildman–Crippen MR) is 137 cm³/mol. The van der Waals surface area contributed by atoms with Gasteiger partial charge in [-0.05, 0) is 67.1 Å². The first kappa shape index (κ1) is 23.8. The van der Waals surface area contributed by atoms with Gasteiger partial charge < -0.3 is 10.1 Å². The molecule has 4 rings (SSSR count). The largest absolute Gasteiger partial charge is 0.489 e. The number of nitriles is 1. The lowest BCUT2D eigenvalue weighted by atomic mass is 10.1. The number of para-hydroxylation sites is 1. The van der Waals surface area contributed by atoms with Crippen LogP contribution in [0.3, 0.4) is 0 Å². The summed E-state index contributed by atoms with van der Waals surface area (Å²) in [6.07, 6.45) is 3.38. The van der Waals surface area contributed by atoms with Crippen LogP contribution < -0.4 is 10.1 Å². The Labute approximate surface area is 209 Å². The summed E-state index contributed by atoms with van der Waals surface area (Å²) in [6.45, 7) is 2.67. The van der Waals surface area contributed by atoms with Crippen molar-refractivity contribution >= 4 is 23.6 Å². The Kier molecular flexibility index (Phi) is 7.61. The number of hydrogen-bond acceptors (Lipinski definition) is 4. The van der Waals surface area contributed by atoms with E-state index in [-0.39, 0.29) is 5.57 Å². The molecule has 35 heavy (non-hydrogen) atoms. The van der Waals surface area contributed by atoms with Gasteiger partial charge in [0.1, 0.15) is 24.0 Å². The zero-order valence-corrected chi connectivity index (χ0v) is 19.9. The fraction of sp³-hybridized carbons (Fsp3) is 0.107. The van der Waals surface area contributed by atoms with Gasteiger partial charge in [-0.1, -0.05) is 41.9 Å². The van der Waals surface area contributed by atoms with Gasteiger partial charge in [-0.2, -0.15) is 10.4 Å². The van der Waals surface area contributed by atoms with E-state index >= 15 is 0 Å². The summed E-state index contributed by atoms with van der Waals surface area (Å²) in [5.74, 6) is 0.294. The molecule has 0 saturated heterocycles. The fourth-order valence-corrected chi connectivity index (χ4v) is 3.57. The van der Waals surface area contributed by atoms with Crippen LogP contribution >= 0.6 is 11.6 Å². The van der Waals surface area contributed by atoms with Crippen molar-refractivity contribution in [1.82, 2.24) is 15.1 Å². The second kappa shape index (κ2) is 11.2. The molecular weight excluding hydrogens is 460 g/mol. The topological polar surface area (TPSA) is 79.9 Å². The van der Waals surface area contributed by atoms with Gasteiger partial charge in [0.15, 0.2) is 0 Å². The third-order valence-corrected chi connectivity index (χ3v) is 5.46. The minimum Gasteiger partial charge on any atom is -0.489 e. The molecule has 0 unspecified atom stereocenters. The number of aromatic nitrogens is 2. The Morgan fingerprint density at radius 3 is 2.46 bits per heavy atom. The van der Waals surface area contributed by atoms with E-state index in [0.29, 0.717) is 35.2 Å². The van der Waals surface area contributed by atoms with Gasteiger partial charge in [0.05, 0.1) is 11.4 Å². The van der Waals surface area contributed by atoms with Crippen molar-refractivity contribution in [3.8, 4) is 28.8 Å². The molecule has 0 atom stereocenters. The molecule has 0 aliphatic rings. The third kappa shape index (κ3) is 5.97. The van der Waals surface area contributed by atoms with Crippen molar-refractivity contribution in [2.24, 2.45) is 0 Å². The summed E-state index contributed by atoms with van der Waals surface area (Å²) in [5, 5.41) is 17.7. The van der Waals surface area contributed by atoms with Gasteiger partial charge in [0, 0.05) is 28.9 Å². The predicted octanol–water partition coefficient (Wildman–Crippen LogP) is 5.81. The maximum atomic E-state index is 12.3. The maximum Gasteiger partial charge on any atom is 0.261 e. The van der Waals surface area contributed by atoms with Gasteiger partial charge in [-0.15, -0.1) is 0 Å². The summed E-state index contributed by atoms with van der Waals surface area (Å²) in [7, 11) is 0. The fourth-order valence-electron chi connectivity index (χ4n) is 3.45. The number of nitrogens with one attached hydrogen (secondary N) is 1. The lowest BCUT2D eigenvalue weighted by Crippen LogP contribution is -2.23. The standard InChI is InChI=1S/C28H23ClN4O2/c1-2-31-28(34)22(17-30)16-23-18-33(25-6-4-3-5-7-25)32-27(23)21-10-14-26(15-11-21)35-19-20-8-12-24(29)13-9-20/h3-16,18H,2,19H2,1H3,(H,31,34)/b22-16-. The highest BCUT2D eigenvalue weighted by molar-refractivity contribution is 6.30. The molecule has 0 spiro atoms. The minimum absolute atomic E-state index is 0.0172. The minimum atomic E-state index is -0.417. The summed E-state index contributed by atoms with van der Waals surface area (Å²) >= 11 is 5.94. The van der Waals surface area contributed by atoms with Crippen molar-refractivity contribution < 1.29 is 9.53 Å². The van der Waals surface area contributed by atoms with E-state index in [1.807, 2.05) is 98.1 Å². The van der Waals surface area contributed by atoms with E-state index < -0.39 is 5.91 Å². The van der Waals surface area contributed by atoms with Gasteiger partial charge in [0.25, 0.3) is 5.91 Å². The number of amides is 1. The molecule has 0 fully saturated rings. The first-order valence-electron chi connectivity index (χ1n) is 11.1. The van der Waals surface area contributed by atoms with Crippen molar-refractivity contribution in [1.29, 1.82) is 5.26 Å². The Hall–Kier alpha value is -4.34. The van der Waals surface area contributed by atoms with Gasteiger partial charge >= 0.3 is 0 Å². The lowest BCUT2D eigenvalue weighted by Gasteiger charge is -2.07. The van der Waals surface area contributed by atoms with Gasteiger partial charge in [-0.25, -0.2) is 4.68 Å². The number of halogens is 1. The molecular formula is C28H23ClN4O2. The van der Waals surface area contributed by atoms with Crippen LogP contribution in [0, 0.1) is 11.3 Å². The van der Waals surface area contributed by atoms with Crippen LogP contribution in [-0.2, 0) is 11.4 Å². The number of carbonyl (C=O) groups excluding carboxylic acids is 1. The number of rotatable bonds is 8. The molecule has 6 nitrogen and oxygen atoms in total. The van der Waals surface area contributed by atoms with E-state index in [4.69, 9.17) is 21.4 Å². The number of likely N-dealkylation sites (N-methyl/N-ethyl adjacent to an activating group) is 1. The van der Waals surface area contributed by atoms with Crippen molar-refractivity contribution in [3.63, 3.8) is 0 Å². The molecule has 1 heterocycles. The Balaban J connectivity index is 1.64. The van der Waals surface area contributed by atoms with Crippen LogP contribution in [0.5, 0.6) is 5.75 Å². The van der Waals surface area contributed by atoms with Crippen LogP contribution in [0.2, 0.25) is 5.02 Å². The number of hydrogen-bond donors (Lipinski definition) is 1. The van der Waals surface area contributed by atoms with E-state index in [9.17, 15) is 10.1 Å². The first-order valence-corrected chi connectivity index (χ1v) is 11.5. The molecule has 0 bridgehead atoms. The van der Waals surface area contributed by atoms with Crippen molar-refractivity contribution in [2.45, 2.75) is 13.5 Å². The first-order chi connectivity index (χ1) is 17.1. The second-order valence-electron chi connectivity index (χ2n) is 7.68. The molecule has 1 amide bonds. The molecule has 1 N–H and O–H groups in total. The molecule has 3 aromatic carbocycles. The molecule has 174 valence electrons. The van der Waals surface area contributed by atoms with Crippen molar-refractivity contribution in [3.05, 3.63) is 107 Å². The highest BCUT2D eigenvalue weighted by atomic mass is 35.5. The SMILES string of the molecule is CCNC(=O)/C(C#N)=C\c1cn(-c2ccccc2)nc1-c1ccc(OCc2ccc(Cl)cc2)cc1. The normalized spacial score (nSPS) is 11.1. The van der Waals surface area contributed by atoms with Gasteiger partial charge in [0.2, 0.25) is 0 Å². The zero-order chi connectivity index (χ0) is 24.6. The molecule has 4 aromatic rings. The van der Waals surface area contributed by atoms with E-state index in [1.165, 1.54) is 0 Å². The highest BCUT2D eigenvalue weighted by Crippen LogP contribution is 2.28. The van der Waals surface area contributed by atoms with Crippen LogP contribution in [0.15, 0.2) is 90.6 Å². The summed E-state index contributed by atoms with van der Waals surface area (Å²) in [5.41, 5.74) is 4.04. The Bertz CT molecular complexity index is 1370. The van der Waals surface area contributed by atoms with E-state index in [0.717, 1.165) is 16.8 Å². The van der Waals surface area contributed by atoms with Crippen LogP contribution in [0.4, 0.5) is 0 Å².